The maximum atomic E-state index is 13.2. The first-order chi connectivity index (χ1) is 14.7. The molecule has 4 rings (SSSR count). The maximum Gasteiger partial charge on any atom is 0.407 e. The summed E-state index contributed by atoms with van der Waals surface area (Å²) in [5.41, 5.74) is 1.98. The summed E-state index contributed by atoms with van der Waals surface area (Å²) in [6.45, 7) is 2.42. The van der Waals surface area contributed by atoms with Gasteiger partial charge in [0.05, 0.1) is 19.2 Å². The normalized spacial score (nSPS) is 23.0. The summed E-state index contributed by atoms with van der Waals surface area (Å²) in [5.74, 6) is -0.00918. The molecule has 0 saturated carbocycles. The Kier molecular flexibility index (Phi) is 8.28. The predicted molar refractivity (Wildman–Crippen MR) is 119 cm³/mol. The number of hydrogen-bond donors (Lipinski definition) is 2. The molecule has 0 bridgehead atoms. The minimum Gasteiger partial charge on any atom is -0.445 e. The number of alkyl carbamates (subject to hydrolysis) is 1. The molecule has 166 valence electrons. The highest BCUT2D eigenvalue weighted by molar-refractivity contribution is 5.85. The number of rotatable bonds is 5. The summed E-state index contributed by atoms with van der Waals surface area (Å²) in [6.07, 6.45) is 0.0468. The second-order valence-electron chi connectivity index (χ2n) is 7.59. The van der Waals surface area contributed by atoms with Crippen molar-refractivity contribution in [3.8, 4) is 0 Å². The average molecular weight is 446 g/mol. The van der Waals surface area contributed by atoms with Gasteiger partial charge in [-0.2, -0.15) is 0 Å². The monoisotopic (exact) mass is 445 g/mol. The first-order valence-corrected chi connectivity index (χ1v) is 10.4. The van der Waals surface area contributed by atoms with Crippen LogP contribution < -0.4 is 10.6 Å². The van der Waals surface area contributed by atoms with Crippen molar-refractivity contribution in [2.75, 3.05) is 26.2 Å². The van der Waals surface area contributed by atoms with E-state index in [0.29, 0.717) is 32.7 Å². The molecule has 2 N–H and O–H groups in total. The standard InChI is InChI=1S/C23H27N3O4.ClH/c27-22(26-13-14-29-20(15-26)18-9-5-2-6-10-18)21-19(11-12-24-21)25-23(28)30-16-17-7-3-1-4-8-17;/h1-10,19-21,24H,11-16H2,(H,25,28);1H/t19-,20+,21+;/m1./s1. The van der Waals surface area contributed by atoms with Gasteiger partial charge in [0, 0.05) is 6.54 Å². The molecular weight excluding hydrogens is 418 g/mol. The summed E-state index contributed by atoms with van der Waals surface area (Å²) < 4.78 is 11.2. The van der Waals surface area contributed by atoms with Crippen molar-refractivity contribution in [3.05, 3.63) is 71.8 Å². The number of benzene rings is 2. The molecule has 3 atom stereocenters. The molecule has 2 heterocycles. The van der Waals surface area contributed by atoms with E-state index < -0.39 is 12.1 Å². The van der Waals surface area contributed by atoms with Crippen molar-refractivity contribution in [1.29, 1.82) is 0 Å². The molecule has 8 heteroatoms. The van der Waals surface area contributed by atoms with Crippen LogP contribution >= 0.6 is 12.4 Å². The fourth-order valence-electron chi connectivity index (χ4n) is 3.95. The van der Waals surface area contributed by atoms with Gasteiger partial charge in [-0.25, -0.2) is 4.79 Å². The fourth-order valence-corrected chi connectivity index (χ4v) is 3.95. The van der Waals surface area contributed by atoms with Gasteiger partial charge in [-0.1, -0.05) is 60.7 Å². The second kappa shape index (κ2) is 11.1. The number of morpholine rings is 1. The van der Waals surface area contributed by atoms with Gasteiger partial charge in [0.25, 0.3) is 0 Å². The Morgan fingerprint density at radius 1 is 1.10 bits per heavy atom. The highest BCUT2D eigenvalue weighted by Gasteiger charge is 2.38. The topological polar surface area (TPSA) is 79.9 Å². The number of amides is 2. The molecule has 2 amide bonds. The van der Waals surface area contributed by atoms with Crippen molar-refractivity contribution in [1.82, 2.24) is 15.5 Å². The molecule has 2 aliphatic rings. The van der Waals surface area contributed by atoms with E-state index in [1.165, 1.54) is 0 Å². The lowest BCUT2D eigenvalue weighted by molar-refractivity contribution is -0.141. The lowest BCUT2D eigenvalue weighted by atomic mass is 10.1. The number of hydrogen-bond acceptors (Lipinski definition) is 5. The zero-order valence-corrected chi connectivity index (χ0v) is 18.1. The van der Waals surface area contributed by atoms with E-state index in [9.17, 15) is 9.59 Å². The summed E-state index contributed by atoms with van der Waals surface area (Å²) in [7, 11) is 0. The molecule has 2 aliphatic heterocycles. The molecule has 2 saturated heterocycles. The molecular formula is C23H28ClN3O4. The van der Waals surface area contributed by atoms with E-state index in [2.05, 4.69) is 10.6 Å². The van der Waals surface area contributed by atoms with Crippen molar-refractivity contribution in [2.45, 2.75) is 31.2 Å². The Labute approximate surface area is 188 Å². The fraction of sp³-hybridized carbons (Fsp3) is 0.391. The number of carbonyl (C=O) groups is 2. The number of nitrogens with one attached hydrogen (secondary N) is 2. The van der Waals surface area contributed by atoms with Gasteiger partial charge in [0.15, 0.2) is 0 Å². The Hall–Kier alpha value is -2.61. The molecule has 0 radical (unpaired) electrons. The maximum absolute atomic E-state index is 13.2. The summed E-state index contributed by atoms with van der Waals surface area (Å²) >= 11 is 0. The van der Waals surface area contributed by atoms with Gasteiger partial charge in [0.1, 0.15) is 18.8 Å². The van der Waals surface area contributed by atoms with Gasteiger partial charge < -0.3 is 25.0 Å². The van der Waals surface area contributed by atoms with Crippen LogP contribution in [-0.4, -0.2) is 55.2 Å². The lowest BCUT2D eigenvalue weighted by Gasteiger charge is -2.35. The highest BCUT2D eigenvalue weighted by atomic mass is 35.5. The quantitative estimate of drug-likeness (QED) is 0.739. The highest BCUT2D eigenvalue weighted by Crippen LogP contribution is 2.23. The van der Waals surface area contributed by atoms with Crippen molar-refractivity contribution in [2.24, 2.45) is 0 Å². The van der Waals surface area contributed by atoms with E-state index in [0.717, 1.165) is 11.1 Å². The molecule has 2 aromatic carbocycles. The molecule has 31 heavy (non-hydrogen) atoms. The molecule has 2 aromatic rings. The summed E-state index contributed by atoms with van der Waals surface area (Å²) in [4.78, 5) is 27.2. The van der Waals surface area contributed by atoms with Gasteiger partial charge >= 0.3 is 6.09 Å². The largest absolute Gasteiger partial charge is 0.445 e. The molecule has 0 spiro atoms. The summed E-state index contributed by atoms with van der Waals surface area (Å²) in [6, 6.07) is 18.7. The van der Waals surface area contributed by atoms with Gasteiger partial charge in [0.2, 0.25) is 5.91 Å². The van der Waals surface area contributed by atoms with E-state index in [1.54, 1.807) is 0 Å². The Morgan fingerprint density at radius 2 is 1.81 bits per heavy atom. The van der Waals surface area contributed by atoms with Crippen LogP contribution in [-0.2, 0) is 20.9 Å². The first kappa shape index (κ1) is 23.1. The van der Waals surface area contributed by atoms with Crippen LogP contribution in [0.5, 0.6) is 0 Å². The third kappa shape index (κ3) is 5.97. The first-order valence-electron chi connectivity index (χ1n) is 10.4. The number of ether oxygens (including phenoxy) is 2. The molecule has 0 aliphatic carbocycles. The van der Waals surface area contributed by atoms with Crippen LogP contribution in [0.1, 0.15) is 23.7 Å². The summed E-state index contributed by atoms with van der Waals surface area (Å²) in [5, 5.41) is 6.09. The Balaban J connectivity index is 0.00000272. The second-order valence-corrected chi connectivity index (χ2v) is 7.59. The molecule has 7 nitrogen and oxygen atoms in total. The van der Waals surface area contributed by atoms with E-state index >= 15 is 0 Å². The lowest BCUT2D eigenvalue weighted by Crippen LogP contribution is -2.55. The van der Waals surface area contributed by atoms with Crippen LogP contribution in [0.25, 0.3) is 0 Å². The number of carbonyl (C=O) groups excluding carboxylic acids is 2. The van der Waals surface area contributed by atoms with E-state index in [4.69, 9.17) is 9.47 Å². The van der Waals surface area contributed by atoms with Gasteiger partial charge in [-0.05, 0) is 24.1 Å². The third-order valence-corrected chi connectivity index (χ3v) is 5.55. The molecule has 2 fully saturated rings. The average Bonchev–Trinajstić information content (AvgIpc) is 3.26. The number of halogens is 1. The zero-order chi connectivity index (χ0) is 20.8. The van der Waals surface area contributed by atoms with Gasteiger partial charge in [-0.3, -0.25) is 4.79 Å². The number of nitrogens with zero attached hydrogens (tertiary/aromatic N) is 1. The van der Waals surface area contributed by atoms with Crippen LogP contribution in [0.3, 0.4) is 0 Å². The third-order valence-electron chi connectivity index (χ3n) is 5.55. The Bertz CT molecular complexity index is 852. The van der Waals surface area contributed by atoms with E-state index in [-0.39, 0.29) is 37.1 Å². The van der Waals surface area contributed by atoms with Crippen molar-refractivity contribution >= 4 is 24.4 Å². The molecule has 0 unspecified atom stereocenters. The van der Waals surface area contributed by atoms with Crippen LogP contribution in [0.2, 0.25) is 0 Å². The molecule has 0 aromatic heterocycles. The van der Waals surface area contributed by atoms with Crippen LogP contribution in [0.15, 0.2) is 60.7 Å². The van der Waals surface area contributed by atoms with Crippen molar-refractivity contribution in [3.63, 3.8) is 0 Å². The minimum absolute atomic E-state index is 0. The van der Waals surface area contributed by atoms with Crippen LogP contribution in [0, 0.1) is 0 Å². The van der Waals surface area contributed by atoms with Crippen LogP contribution in [0.4, 0.5) is 4.79 Å². The smallest absolute Gasteiger partial charge is 0.407 e. The predicted octanol–water partition coefficient (Wildman–Crippen LogP) is 2.67. The van der Waals surface area contributed by atoms with E-state index in [1.807, 2.05) is 65.6 Å². The minimum atomic E-state index is -0.505. The van der Waals surface area contributed by atoms with Crippen molar-refractivity contribution < 1.29 is 19.1 Å². The van der Waals surface area contributed by atoms with Gasteiger partial charge in [-0.15, -0.1) is 12.4 Å². The SMILES string of the molecule is Cl.O=C(N[C@@H]1CCN[C@@H]1C(=O)N1CCO[C@H](c2ccccc2)C1)OCc1ccccc1. The Morgan fingerprint density at radius 3 is 2.55 bits per heavy atom. The zero-order valence-electron chi connectivity index (χ0n) is 17.2.